The fraction of sp³-hybridized carbons (Fsp3) is 0.438. The maximum absolute atomic E-state index is 4.37. The lowest BCUT2D eigenvalue weighted by Gasteiger charge is -2.31. The minimum atomic E-state index is 0.334. The smallest absolute Gasteiger partial charge is 0.0702 e. The molecule has 0 aliphatic heterocycles. The predicted molar refractivity (Wildman–Crippen MR) is 80.2 cm³/mol. The predicted octanol–water partition coefficient (Wildman–Crippen LogP) is 4.88. The third kappa shape index (κ3) is 2.59. The van der Waals surface area contributed by atoms with Gasteiger partial charge < -0.3 is 0 Å². The number of alkyl halides is 1. The Morgan fingerprint density at radius 3 is 2.78 bits per heavy atom. The second-order valence-electron chi connectivity index (χ2n) is 5.42. The Morgan fingerprint density at radius 1 is 1.11 bits per heavy atom. The van der Waals surface area contributed by atoms with Crippen molar-refractivity contribution in [3.63, 3.8) is 0 Å². The standard InChI is InChI=1S/C16H18BrN/c17-16(8-2-1-3-9-16)12-13-6-7-15-14(11-13)5-4-10-18-15/h4-7,10-11H,1-3,8-9,12H2. The van der Waals surface area contributed by atoms with Crippen LogP contribution >= 0.6 is 15.9 Å². The Kier molecular flexibility index (Phi) is 3.38. The number of hydrogen-bond acceptors (Lipinski definition) is 1. The van der Waals surface area contributed by atoms with E-state index in [2.05, 4.69) is 45.2 Å². The van der Waals surface area contributed by atoms with Crippen molar-refractivity contribution in [3.05, 3.63) is 42.1 Å². The Bertz CT molecular complexity index is 544. The third-order valence-electron chi connectivity index (χ3n) is 3.94. The van der Waals surface area contributed by atoms with Gasteiger partial charge in [-0.2, -0.15) is 0 Å². The fourth-order valence-electron chi connectivity index (χ4n) is 2.96. The number of rotatable bonds is 2. The van der Waals surface area contributed by atoms with E-state index < -0.39 is 0 Å². The van der Waals surface area contributed by atoms with E-state index in [4.69, 9.17) is 0 Å². The highest BCUT2D eigenvalue weighted by atomic mass is 79.9. The van der Waals surface area contributed by atoms with Crippen LogP contribution in [0.25, 0.3) is 10.9 Å². The maximum atomic E-state index is 4.37. The average molecular weight is 304 g/mol. The molecule has 0 amide bonds. The van der Waals surface area contributed by atoms with Crippen molar-refractivity contribution < 1.29 is 0 Å². The normalized spacial score (nSPS) is 18.9. The second kappa shape index (κ2) is 5.00. The zero-order valence-corrected chi connectivity index (χ0v) is 12.1. The minimum absolute atomic E-state index is 0.334. The number of pyridine rings is 1. The first-order valence-corrected chi connectivity index (χ1v) is 7.57. The number of benzene rings is 1. The summed E-state index contributed by atoms with van der Waals surface area (Å²) in [4.78, 5) is 4.37. The van der Waals surface area contributed by atoms with Gasteiger partial charge in [0, 0.05) is 15.9 Å². The summed E-state index contributed by atoms with van der Waals surface area (Å²) in [7, 11) is 0. The second-order valence-corrected chi connectivity index (χ2v) is 7.10. The van der Waals surface area contributed by atoms with Gasteiger partial charge in [0.2, 0.25) is 0 Å². The molecule has 0 spiro atoms. The molecule has 1 aliphatic rings. The van der Waals surface area contributed by atoms with Crippen molar-refractivity contribution >= 4 is 26.8 Å². The van der Waals surface area contributed by atoms with Gasteiger partial charge in [0.25, 0.3) is 0 Å². The highest BCUT2D eigenvalue weighted by Crippen LogP contribution is 2.38. The van der Waals surface area contributed by atoms with Crippen molar-refractivity contribution in [2.24, 2.45) is 0 Å². The molecule has 0 bridgehead atoms. The van der Waals surface area contributed by atoms with Crippen molar-refractivity contribution in [1.82, 2.24) is 4.98 Å². The number of aromatic nitrogens is 1. The summed E-state index contributed by atoms with van der Waals surface area (Å²) in [5, 5.41) is 1.25. The SMILES string of the molecule is BrC1(Cc2ccc3ncccc3c2)CCCCC1. The van der Waals surface area contributed by atoms with Crippen LogP contribution in [0.2, 0.25) is 0 Å². The maximum Gasteiger partial charge on any atom is 0.0702 e. The molecule has 0 radical (unpaired) electrons. The van der Waals surface area contributed by atoms with E-state index in [0.29, 0.717) is 4.32 Å². The molecule has 1 aromatic carbocycles. The summed E-state index contributed by atoms with van der Waals surface area (Å²) in [6.45, 7) is 0. The Labute approximate surface area is 117 Å². The van der Waals surface area contributed by atoms with Crippen LogP contribution in [-0.4, -0.2) is 9.31 Å². The molecule has 0 N–H and O–H groups in total. The van der Waals surface area contributed by atoms with Gasteiger partial charge in [-0.25, -0.2) is 0 Å². The molecule has 3 rings (SSSR count). The summed E-state index contributed by atoms with van der Waals surface area (Å²) >= 11 is 3.98. The summed E-state index contributed by atoms with van der Waals surface area (Å²) in [5.74, 6) is 0. The van der Waals surface area contributed by atoms with Gasteiger partial charge in [0.1, 0.15) is 0 Å². The molecule has 1 aromatic heterocycles. The summed E-state index contributed by atoms with van der Waals surface area (Å²) < 4.78 is 0.334. The fourth-order valence-corrected chi connectivity index (χ4v) is 3.85. The van der Waals surface area contributed by atoms with Gasteiger partial charge in [0.05, 0.1) is 5.52 Å². The molecule has 18 heavy (non-hydrogen) atoms. The lowest BCUT2D eigenvalue weighted by molar-refractivity contribution is 0.403. The van der Waals surface area contributed by atoms with E-state index in [9.17, 15) is 0 Å². The molecule has 1 heterocycles. The monoisotopic (exact) mass is 303 g/mol. The molecule has 2 heteroatoms. The zero-order chi connectivity index (χ0) is 12.4. The van der Waals surface area contributed by atoms with Gasteiger partial charge in [-0.05, 0) is 43.0 Å². The molecule has 94 valence electrons. The highest BCUT2D eigenvalue weighted by Gasteiger charge is 2.28. The molecule has 1 saturated carbocycles. The molecule has 0 unspecified atom stereocenters. The van der Waals surface area contributed by atoms with E-state index in [1.165, 1.54) is 43.1 Å². The summed E-state index contributed by atoms with van der Waals surface area (Å²) in [6, 6.07) is 10.8. The third-order valence-corrected chi connectivity index (χ3v) is 5.01. The molecular weight excluding hydrogens is 286 g/mol. The number of halogens is 1. The largest absolute Gasteiger partial charge is 0.256 e. The molecule has 0 saturated heterocycles. The van der Waals surface area contributed by atoms with Gasteiger partial charge in [-0.3, -0.25) is 4.98 Å². The van der Waals surface area contributed by atoms with Crippen molar-refractivity contribution in [3.8, 4) is 0 Å². The first kappa shape index (κ1) is 12.2. The molecule has 2 aromatic rings. The lowest BCUT2D eigenvalue weighted by Crippen LogP contribution is -2.26. The van der Waals surface area contributed by atoms with Crippen LogP contribution in [0.1, 0.15) is 37.7 Å². The van der Waals surface area contributed by atoms with Crippen molar-refractivity contribution in [2.45, 2.75) is 42.8 Å². The Hall–Kier alpha value is -0.890. The molecule has 1 fully saturated rings. The van der Waals surface area contributed by atoms with Crippen LogP contribution in [0.15, 0.2) is 36.5 Å². The van der Waals surface area contributed by atoms with Crippen molar-refractivity contribution in [1.29, 1.82) is 0 Å². The first-order valence-electron chi connectivity index (χ1n) is 6.78. The van der Waals surface area contributed by atoms with Crippen LogP contribution in [0.4, 0.5) is 0 Å². The van der Waals surface area contributed by atoms with Crippen LogP contribution in [0.3, 0.4) is 0 Å². The number of hydrogen-bond donors (Lipinski definition) is 0. The number of fused-ring (bicyclic) bond motifs is 1. The van der Waals surface area contributed by atoms with Crippen LogP contribution in [-0.2, 0) is 6.42 Å². The molecular formula is C16H18BrN. The number of nitrogens with zero attached hydrogens (tertiary/aromatic N) is 1. The Balaban J connectivity index is 1.85. The average Bonchev–Trinajstić information content (AvgIpc) is 2.39. The van der Waals surface area contributed by atoms with Crippen molar-refractivity contribution in [2.75, 3.05) is 0 Å². The Morgan fingerprint density at radius 2 is 1.94 bits per heavy atom. The van der Waals surface area contributed by atoms with Crippen LogP contribution in [0.5, 0.6) is 0 Å². The molecule has 1 nitrogen and oxygen atoms in total. The van der Waals surface area contributed by atoms with Gasteiger partial charge >= 0.3 is 0 Å². The highest BCUT2D eigenvalue weighted by molar-refractivity contribution is 9.10. The van der Waals surface area contributed by atoms with Crippen LogP contribution < -0.4 is 0 Å². The minimum Gasteiger partial charge on any atom is -0.256 e. The summed E-state index contributed by atoms with van der Waals surface area (Å²) in [5.41, 5.74) is 2.52. The zero-order valence-electron chi connectivity index (χ0n) is 10.5. The molecule has 1 aliphatic carbocycles. The molecule has 0 atom stereocenters. The van der Waals surface area contributed by atoms with Gasteiger partial charge in [-0.1, -0.05) is 47.3 Å². The van der Waals surface area contributed by atoms with Gasteiger partial charge in [-0.15, -0.1) is 0 Å². The summed E-state index contributed by atoms with van der Waals surface area (Å²) in [6.07, 6.45) is 9.72. The van der Waals surface area contributed by atoms with E-state index >= 15 is 0 Å². The van der Waals surface area contributed by atoms with E-state index in [-0.39, 0.29) is 0 Å². The lowest BCUT2D eigenvalue weighted by atomic mass is 9.84. The van der Waals surface area contributed by atoms with E-state index in [1.54, 1.807) is 0 Å². The van der Waals surface area contributed by atoms with Crippen LogP contribution in [0, 0.1) is 0 Å². The van der Waals surface area contributed by atoms with Gasteiger partial charge in [0.15, 0.2) is 0 Å². The van der Waals surface area contributed by atoms with E-state index in [0.717, 1.165) is 11.9 Å². The van der Waals surface area contributed by atoms with E-state index in [1.807, 2.05) is 12.3 Å². The topological polar surface area (TPSA) is 12.9 Å². The first-order chi connectivity index (χ1) is 8.75. The quantitative estimate of drug-likeness (QED) is 0.721.